The van der Waals surface area contributed by atoms with E-state index in [4.69, 9.17) is 0 Å². The first-order chi connectivity index (χ1) is 8.58. The Kier molecular flexibility index (Phi) is 7.81. The maximum absolute atomic E-state index is 3.57. The van der Waals surface area contributed by atoms with Gasteiger partial charge in [-0.2, -0.15) is 0 Å². The number of nitrogens with one attached hydrogen (secondary N) is 1. The van der Waals surface area contributed by atoms with Gasteiger partial charge in [0.2, 0.25) is 5.50 Å². The first kappa shape index (κ1) is 17.9. The van der Waals surface area contributed by atoms with E-state index in [0.29, 0.717) is 11.5 Å². The zero-order valence-electron chi connectivity index (χ0n) is 12.2. The van der Waals surface area contributed by atoms with Gasteiger partial charge in [0.05, 0.1) is 7.05 Å². The Morgan fingerprint density at radius 2 is 2.05 bits per heavy atom. The number of hydrogen-bond donors (Lipinski definition) is 1. The van der Waals surface area contributed by atoms with Crippen LogP contribution < -0.4 is 29.3 Å². The Bertz CT molecular complexity index is 319. The molecule has 0 saturated carbocycles. The van der Waals surface area contributed by atoms with Crippen molar-refractivity contribution in [2.75, 3.05) is 40.8 Å². The summed E-state index contributed by atoms with van der Waals surface area (Å²) in [5.74, 6) is 0. The van der Waals surface area contributed by atoms with Crippen molar-refractivity contribution in [3.8, 4) is 0 Å². The van der Waals surface area contributed by atoms with Crippen molar-refractivity contribution >= 4 is 26.8 Å². The molecule has 7 heteroatoms. The van der Waals surface area contributed by atoms with E-state index in [1.807, 2.05) is 21.6 Å². The third-order valence-electron chi connectivity index (χ3n) is 3.64. The number of nitrogens with zero attached hydrogens (tertiary/aromatic N) is 3. The van der Waals surface area contributed by atoms with Crippen molar-refractivity contribution in [2.24, 2.45) is 0 Å². The van der Waals surface area contributed by atoms with E-state index in [1.54, 1.807) is 0 Å². The Balaban J connectivity index is 0.00000180. The summed E-state index contributed by atoms with van der Waals surface area (Å²) in [4.78, 5) is 4.79. The summed E-state index contributed by atoms with van der Waals surface area (Å²) in [6, 6.07) is 0.569. The summed E-state index contributed by atoms with van der Waals surface area (Å²) < 4.78 is 2.39. The van der Waals surface area contributed by atoms with Gasteiger partial charge in [-0.15, -0.1) is 0 Å². The van der Waals surface area contributed by atoms with Crippen LogP contribution >= 0.6 is 21.6 Å². The number of likely N-dealkylation sites (tertiary alicyclic amines) is 1. The maximum atomic E-state index is 3.57. The monoisotopic (exact) mass is 416 g/mol. The van der Waals surface area contributed by atoms with E-state index in [-0.39, 0.29) is 24.0 Å². The predicted molar refractivity (Wildman–Crippen MR) is 82.1 cm³/mol. The van der Waals surface area contributed by atoms with Gasteiger partial charge in [0.25, 0.3) is 0 Å². The van der Waals surface area contributed by atoms with Crippen LogP contribution in [0.2, 0.25) is 0 Å². The van der Waals surface area contributed by atoms with Gasteiger partial charge in [0.1, 0.15) is 6.04 Å². The van der Waals surface area contributed by atoms with Crippen LogP contribution in [-0.4, -0.2) is 71.9 Å². The molecule has 0 aliphatic carbocycles. The molecule has 2 heterocycles. The number of hydrogen-bond acceptors (Lipinski definition) is 4. The molecule has 2 rings (SSSR count). The fourth-order valence-electron chi connectivity index (χ4n) is 2.28. The molecule has 0 radical (unpaired) electrons. The van der Waals surface area contributed by atoms with Crippen LogP contribution in [0.5, 0.6) is 0 Å². The standard InChI is InChI=1S/C12H24N4S2.HI/c1-10(9-16-7-5-6-8-16)15(4)12-13-11(14(2)3)17-18-12;/h10-11H,5-9H2,1-4H3;1H. The van der Waals surface area contributed by atoms with Gasteiger partial charge in [0.15, 0.2) is 0 Å². The van der Waals surface area contributed by atoms with Crippen molar-refractivity contribution < 1.29 is 28.6 Å². The van der Waals surface area contributed by atoms with Crippen molar-refractivity contribution in [1.82, 2.24) is 15.1 Å². The Morgan fingerprint density at radius 1 is 1.42 bits per heavy atom. The summed E-state index contributed by atoms with van der Waals surface area (Å²) >= 11 is 0. The molecule has 1 N–H and O–H groups in total. The molecule has 112 valence electrons. The minimum atomic E-state index is 0. The zero-order valence-corrected chi connectivity index (χ0v) is 16.0. The van der Waals surface area contributed by atoms with E-state index in [0.717, 1.165) is 0 Å². The second-order valence-corrected chi connectivity index (χ2v) is 7.68. The molecule has 2 aliphatic rings. The zero-order chi connectivity index (χ0) is 13.1. The highest BCUT2D eigenvalue weighted by Gasteiger charge is 2.32. The molecule has 2 unspecified atom stereocenters. The average molecular weight is 416 g/mol. The van der Waals surface area contributed by atoms with Crippen LogP contribution in [0.1, 0.15) is 19.8 Å². The quantitative estimate of drug-likeness (QED) is 0.334. The number of amidine groups is 1. The van der Waals surface area contributed by atoms with Crippen LogP contribution in [0, 0.1) is 0 Å². The van der Waals surface area contributed by atoms with Crippen molar-refractivity contribution in [1.29, 1.82) is 0 Å². The molecule has 0 bridgehead atoms. The molecule has 2 atom stereocenters. The Hall–Kier alpha value is 0.820. The second-order valence-electron chi connectivity index (χ2n) is 5.41. The minimum absolute atomic E-state index is 0. The average Bonchev–Trinajstić information content (AvgIpc) is 2.98. The normalized spacial score (nSPS) is 28.2. The second kappa shape index (κ2) is 8.31. The van der Waals surface area contributed by atoms with Gasteiger partial charge >= 0.3 is 5.17 Å². The molecule has 0 spiro atoms. The van der Waals surface area contributed by atoms with E-state index in [1.165, 1.54) is 37.6 Å². The highest BCUT2D eigenvalue weighted by Crippen LogP contribution is 2.33. The lowest BCUT2D eigenvalue weighted by atomic mass is 10.3. The Morgan fingerprint density at radius 3 is 2.58 bits per heavy atom. The molecule has 4 nitrogen and oxygen atoms in total. The summed E-state index contributed by atoms with van der Waals surface area (Å²) in [6.07, 6.45) is 2.75. The van der Waals surface area contributed by atoms with Crippen LogP contribution in [0.15, 0.2) is 0 Å². The van der Waals surface area contributed by atoms with Gasteiger partial charge in [-0.05, 0) is 57.7 Å². The van der Waals surface area contributed by atoms with E-state index < -0.39 is 0 Å². The van der Waals surface area contributed by atoms with Crippen LogP contribution in [0.25, 0.3) is 0 Å². The fourth-order valence-corrected chi connectivity index (χ4v) is 5.03. The Labute approximate surface area is 142 Å². The predicted octanol–water partition coefficient (Wildman–Crippen LogP) is -1.70. The maximum Gasteiger partial charge on any atom is 0.319 e. The first-order valence-electron chi connectivity index (χ1n) is 6.66. The third-order valence-corrected chi connectivity index (χ3v) is 6.33. The van der Waals surface area contributed by atoms with Gasteiger partial charge in [-0.25, -0.2) is 5.32 Å². The molecular weight excluding hydrogens is 391 g/mol. The van der Waals surface area contributed by atoms with E-state index in [2.05, 4.69) is 47.8 Å². The molecule has 2 aliphatic heterocycles. The molecule has 2 saturated heterocycles. The van der Waals surface area contributed by atoms with Gasteiger partial charge in [-0.1, -0.05) is 0 Å². The van der Waals surface area contributed by atoms with Crippen molar-refractivity contribution in [2.45, 2.75) is 31.3 Å². The summed E-state index contributed by atoms with van der Waals surface area (Å²) in [6.45, 7) is 6.06. The molecule has 0 aromatic carbocycles. The summed E-state index contributed by atoms with van der Waals surface area (Å²) in [7, 11) is 10.2. The summed E-state index contributed by atoms with van der Waals surface area (Å²) in [5, 5.41) is 4.87. The topological polar surface area (TPSA) is 21.5 Å². The largest absolute Gasteiger partial charge is 1.00 e. The van der Waals surface area contributed by atoms with E-state index >= 15 is 0 Å². The molecule has 2 fully saturated rings. The van der Waals surface area contributed by atoms with Crippen molar-refractivity contribution in [3.05, 3.63) is 0 Å². The van der Waals surface area contributed by atoms with Crippen LogP contribution in [-0.2, 0) is 0 Å². The van der Waals surface area contributed by atoms with Crippen LogP contribution in [0.3, 0.4) is 0 Å². The highest BCUT2D eigenvalue weighted by molar-refractivity contribution is 8.83. The molecular formula is C12H25IN4S2. The van der Waals surface area contributed by atoms with Crippen molar-refractivity contribution in [3.63, 3.8) is 0 Å². The highest BCUT2D eigenvalue weighted by atomic mass is 127. The van der Waals surface area contributed by atoms with Gasteiger partial charge in [-0.3, -0.25) is 14.4 Å². The first-order valence-corrected chi connectivity index (χ1v) is 8.87. The van der Waals surface area contributed by atoms with E-state index in [9.17, 15) is 0 Å². The number of rotatable bonds is 4. The number of halogens is 1. The number of likely N-dealkylation sites (N-methyl/N-ethyl adjacent to an activating group) is 1. The smallest absolute Gasteiger partial charge is 0.319 e. The lowest BCUT2D eigenvalue weighted by molar-refractivity contribution is -0.533. The molecule has 0 aromatic rings. The summed E-state index contributed by atoms with van der Waals surface area (Å²) in [5.41, 5.74) is 0.395. The lowest BCUT2D eigenvalue weighted by Crippen LogP contribution is -3.00. The molecule has 19 heavy (non-hydrogen) atoms. The van der Waals surface area contributed by atoms with Crippen LogP contribution in [0.4, 0.5) is 0 Å². The fraction of sp³-hybridized carbons (Fsp3) is 0.917. The minimum Gasteiger partial charge on any atom is -1.00 e. The van der Waals surface area contributed by atoms with Gasteiger partial charge in [0, 0.05) is 17.3 Å². The lowest BCUT2D eigenvalue weighted by Gasteiger charge is -2.20. The molecule has 0 aromatic heterocycles. The SMILES string of the molecule is CC(CN1CCCC1)[N+](C)=C1NC(N(C)C)SS1.[I-]. The molecule has 0 amide bonds. The third kappa shape index (κ3) is 4.94. The van der Waals surface area contributed by atoms with Gasteiger partial charge < -0.3 is 24.0 Å².